The average Bonchev–Trinajstić information content (AvgIpc) is 2.73. The van der Waals surface area contributed by atoms with Crippen molar-refractivity contribution in [1.82, 2.24) is 4.98 Å². The van der Waals surface area contributed by atoms with Gasteiger partial charge in [0.2, 0.25) is 0 Å². The van der Waals surface area contributed by atoms with Gasteiger partial charge in [0.15, 0.2) is 0 Å². The molecule has 0 amide bonds. The topological polar surface area (TPSA) is 111 Å². The number of methoxy groups -OCH3 is 1. The van der Waals surface area contributed by atoms with E-state index in [1.54, 1.807) is 48.4 Å². The fraction of sp³-hybridized carbons (Fsp3) is 0.105. The van der Waals surface area contributed by atoms with Crippen molar-refractivity contribution in [2.75, 3.05) is 11.8 Å². The first-order chi connectivity index (χ1) is 13.9. The van der Waals surface area contributed by atoms with Crippen molar-refractivity contribution in [3.05, 3.63) is 82.7 Å². The molecular weight excluding hydrogens is 414 g/mol. The molecule has 3 rings (SSSR count). The Hall–Kier alpha value is -3.11. The largest absolute Gasteiger partial charge is 0.495 e. The van der Waals surface area contributed by atoms with Crippen molar-refractivity contribution >= 4 is 33.2 Å². The van der Waals surface area contributed by atoms with E-state index >= 15 is 0 Å². The minimum absolute atomic E-state index is 0.0201. The number of pyridine rings is 1. The van der Waals surface area contributed by atoms with Gasteiger partial charge in [0, 0.05) is 40.9 Å². The number of rotatable bonds is 8. The van der Waals surface area contributed by atoms with Gasteiger partial charge in [-0.2, -0.15) is 0 Å². The Balaban J connectivity index is 1.75. The molecule has 1 aromatic heterocycles. The fourth-order valence-corrected chi connectivity index (χ4v) is 4.55. The van der Waals surface area contributed by atoms with E-state index in [0.29, 0.717) is 5.69 Å². The Bertz CT molecular complexity index is 1100. The lowest BCUT2D eigenvalue weighted by atomic mass is 10.3. The van der Waals surface area contributed by atoms with Crippen LogP contribution in [-0.2, 0) is 15.8 Å². The van der Waals surface area contributed by atoms with E-state index in [1.807, 2.05) is 12.1 Å². The van der Waals surface area contributed by atoms with E-state index in [0.717, 1.165) is 22.3 Å². The lowest BCUT2D eigenvalue weighted by Gasteiger charge is -2.12. The Morgan fingerprint density at radius 2 is 1.93 bits per heavy atom. The summed E-state index contributed by atoms with van der Waals surface area (Å²) in [4.78, 5) is 15.1. The molecule has 8 nitrogen and oxygen atoms in total. The highest BCUT2D eigenvalue weighted by atomic mass is 32.2. The van der Waals surface area contributed by atoms with Crippen LogP contribution in [-0.4, -0.2) is 25.4 Å². The molecule has 0 aliphatic heterocycles. The zero-order chi connectivity index (χ0) is 20.9. The quantitative estimate of drug-likeness (QED) is 0.325. The molecule has 0 fully saturated rings. The standard InChI is InChI=1S/C19H17N3O5S2/c1-27-18-9-6-16(22(23)24)11-19(18)29(25,26)21-15-4-7-17(8-5-15)28-13-14-3-2-10-20-12-14/h2-12,21H,13H2,1H3. The van der Waals surface area contributed by atoms with Gasteiger partial charge in [-0.3, -0.25) is 19.8 Å². The third-order valence-corrected chi connectivity index (χ3v) is 6.37. The molecule has 0 aliphatic rings. The summed E-state index contributed by atoms with van der Waals surface area (Å²) in [5.74, 6) is 0.760. The highest BCUT2D eigenvalue weighted by Gasteiger charge is 2.23. The first kappa shape index (κ1) is 20.6. The van der Waals surface area contributed by atoms with Crippen LogP contribution in [0.1, 0.15) is 5.56 Å². The fourth-order valence-electron chi connectivity index (χ4n) is 2.47. The predicted octanol–water partition coefficient (Wildman–Crippen LogP) is 4.09. The monoisotopic (exact) mass is 431 g/mol. The summed E-state index contributed by atoms with van der Waals surface area (Å²) >= 11 is 1.60. The number of nitro benzene ring substituents is 1. The van der Waals surface area contributed by atoms with Crippen LogP contribution in [0.5, 0.6) is 5.75 Å². The number of sulfonamides is 1. The van der Waals surface area contributed by atoms with E-state index < -0.39 is 14.9 Å². The highest BCUT2D eigenvalue weighted by molar-refractivity contribution is 7.98. The minimum Gasteiger partial charge on any atom is -0.495 e. The third kappa shape index (κ3) is 5.24. The molecule has 3 aromatic rings. The van der Waals surface area contributed by atoms with Crippen LogP contribution in [0, 0.1) is 10.1 Å². The van der Waals surface area contributed by atoms with E-state index in [-0.39, 0.29) is 16.3 Å². The van der Waals surface area contributed by atoms with Gasteiger partial charge < -0.3 is 4.74 Å². The van der Waals surface area contributed by atoms with Crippen LogP contribution in [0.25, 0.3) is 0 Å². The van der Waals surface area contributed by atoms with Crippen molar-refractivity contribution in [3.63, 3.8) is 0 Å². The molecule has 0 radical (unpaired) electrons. The maximum atomic E-state index is 12.7. The number of hydrogen-bond donors (Lipinski definition) is 1. The number of ether oxygens (including phenoxy) is 1. The molecule has 0 saturated heterocycles. The first-order valence-electron chi connectivity index (χ1n) is 8.36. The van der Waals surface area contributed by atoms with Gasteiger partial charge in [0.25, 0.3) is 15.7 Å². The van der Waals surface area contributed by atoms with Gasteiger partial charge in [0.05, 0.1) is 12.0 Å². The van der Waals surface area contributed by atoms with Crippen LogP contribution in [0.3, 0.4) is 0 Å². The Morgan fingerprint density at radius 1 is 1.17 bits per heavy atom. The Kier molecular flexibility index (Phi) is 6.35. The van der Waals surface area contributed by atoms with Crippen molar-refractivity contribution in [1.29, 1.82) is 0 Å². The van der Waals surface area contributed by atoms with Crippen molar-refractivity contribution in [2.24, 2.45) is 0 Å². The third-order valence-electron chi connectivity index (χ3n) is 3.88. The molecule has 0 aliphatic carbocycles. The molecular formula is C19H17N3O5S2. The molecule has 29 heavy (non-hydrogen) atoms. The molecule has 1 N–H and O–H groups in total. The number of non-ortho nitro benzene ring substituents is 1. The smallest absolute Gasteiger partial charge is 0.271 e. The van der Waals surface area contributed by atoms with Gasteiger partial charge >= 0.3 is 0 Å². The molecule has 1 heterocycles. The summed E-state index contributed by atoms with van der Waals surface area (Å²) in [6.45, 7) is 0. The van der Waals surface area contributed by atoms with Crippen LogP contribution < -0.4 is 9.46 Å². The number of benzene rings is 2. The lowest BCUT2D eigenvalue weighted by Crippen LogP contribution is -2.14. The second-order valence-electron chi connectivity index (χ2n) is 5.87. The summed E-state index contributed by atoms with van der Waals surface area (Å²) < 4.78 is 32.9. The molecule has 0 bridgehead atoms. The second-order valence-corrected chi connectivity index (χ2v) is 8.57. The van der Waals surface area contributed by atoms with Crippen molar-refractivity contribution in [2.45, 2.75) is 15.5 Å². The number of nitrogens with zero attached hydrogens (tertiary/aromatic N) is 2. The number of nitrogens with one attached hydrogen (secondary N) is 1. The number of aromatic nitrogens is 1. The summed E-state index contributed by atoms with van der Waals surface area (Å²) in [6, 6.07) is 14.1. The molecule has 0 spiro atoms. The van der Waals surface area contributed by atoms with Gasteiger partial charge in [-0.25, -0.2) is 8.42 Å². The normalized spacial score (nSPS) is 11.1. The predicted molar refractivity (Wildman–Crippen MR) is 111 cm³/mol. The first-order valence-corrected chi connectivity index (χ1v) is 10.8. The van der Waals surface area contributed by atoms with Crippen LogP contribution >= 0.6 is 11.8 Å². The molecule has 2 aromatic carbocycles. The number of anilines is 1. The number of hydrogen-bond acceptors (Lipinski definition) is 7. The maximum absolute atomic E-state index is 12.7. The summed E-state index contributed by atoms with van der Waals surface area (Å²) in [6.07, 6.45) is 3.51. The second kappa shape index (κ2) is 8.93. The van der Waals surface area contributed by atoms with E-state index in [1.165, 1.54) is 19.2 Å². The summed E-state index contributed by atoms with van der Waals surface area (Å²) in [5, 5.41) is 11.0. The Labute approximate surface area is 172 Å². The van der Waals surface area contributed by atoms with Crippen molar-refractivity contribution < 1.29 is 18.1 Å². The van der Waals surface area contributed by atoms with Gasteiger partial charge in [-0.1, -0.05) is 6.07 Å². The zero-order valence-corrected chi connectivity index (χ0v) is 16.9. The molecule has 0 unspecified atom stereocenters. The average molecular weight is 431 g/mol. The van der Waals surface area contributed by atoms with Gasteiger partial charge in [-0.05, 0) is 42.0 Å². The zero-order valence-electron chi connectivity index (χ0n) is 15.3. The van der Waals surface area contributed by atoms with Gasteiger partial charge in [0.1, 0.15) is 10.6 Å². The van der Waals surface area contributed by atoms with E-state index in [2.05, 4.69) is 9.71 Å². The lowest BCUT2D eigenvalue weighted by molar-refractivity contribution is -0.385. The van der Waals surface area contributed by atoms with E-state index in [9.17, 15) is 18.5 Å². The molecule has 0 saturated carbocycles. The summed E-state index contributed by atoms with van der Waals surface area (Å²) in [5.41, 5.74) is 1.08. The molecule has 150 valence electrons. The van der Waals surface area contributed by atoms with E-state index in [4.69, 9.17) is 4.74 Å². The molecule has 10 heteroatoms. The van der Waals surface area contributed by atoms with Gasteiger partial charge in [-0.15, -0.1) is 11.8 Å². The summed E-state index contributed by atoms with van der Waals surface area (Å²) in [7, 11) is -2.77. The van der Waals surface area contributed by atoms with Crippen LogP contribution in [0.2, 0.25) is 0 Å². The maximum Gasteiger partial charge on any atom is 0.271 e. The number of thioether (sulfide) groups is 1. The number of nitro groups is 1. The Morgan fingerprint density at radius 3 is 2.55 bits per heavy atom. The molecule has 0 atom stereocenters. The SMILES string of the molecule is COc1ccc([N+](=O)[O-])cc1S(=O)(=O)Nc1ccc(SCc2cccnc2)cc1. The highest BCUT2D eigenvalue weighted by Crippen LogP contribution is 2.30. The van der Waals surface area contributed by atoms with Crippen molar-refractivity contribution in [3.8, 4) is 5.75 Å². The van der Waals surface area contributed by atoms with Crippen LogP contribution in [0.15, 0.2) is 76.8 Å². The van der Waals surface area contributed by atoms with Crippen LogP contribution in [0.4, 0.5) is 11.4 Å². The minimum atomic E-state index is -4.07.